The number of nitrogens with one attached hydrogen (secondary N) is 1. The third-order valence-corrected chi connectivity index (χ3v) is 3.35. The highest BCUT2D eigenvalue weighted by Crippen LogP contribution is 2.22. The number of hydrogen-bond donors (Lipinski definition) is 1. The van der Waals surface area contributed by atoms with E-state index in [0.717, 1.165) is 35.7 Å². The molecule has 21 heavy (non-hydrogen) atoms. The standard InChI is InChI=1S/C15H19N5O/c1-4-10-9-12(20(5-2)19-10)15-16-11-7-8-13(21-6-3)17-14(11)18-15/h7-9H,4-6H2,1-3H3,(H,16,17,18). The molecule has 0 radical (unpaired) electrons. The minimum Gasteiger partial charge on any atom is -0.478 e. The summed E-state index contributed by atoms with van der Waals surface area (Å²) < 4.78 is 7.37. The monoisotopic (exact) mass is 285 g/mol. The second kappa shape index (κ2) is 5.55. The van der Waals surface area contributed by atoms with Crippen LogP contribution in [0.5, 0.6) is 5.88 Å². The minimum absolute atomic E-state index is 0.595. The molecule has 0 amide bonds. The van der Waals surface area contributed by atoms with E-state index in [0.29, 0.717) is 18.1 Å². The molecule has 110 valence electrons. The lowest BCUT2D eigenvalue weighted by Crippen LogP contribution is -2.00. The molecule has 0 aliphatic rings. The summed E-state index contributed by atoms with van der Waals surface area (Å²) in [6, 6.07) is 5.87. The number of ether oxygens (including phenoxy) is 1. The zero-order valence-corrected chi connectivity index (χ0v) is 12.6. The van der Waals surface area contributed by atoms with Crippen LogP contribution in [0, 0.1) is 0 Å². The van der Waals surface area contributed by atoms with Crippen LogP contribution in [0.25, 0.3) is 22.7 Å². The topological polar surface area (TPSA) is 68.6 Å². The zero-order chi connectivity index (χ0) is 14.8. The van der Waals surface area contributed by atoms with Crippen molar-refractivity contribution in [1.82, 2.24) is 24.7 Å². The van der Waals surface area contributed by atoms with Crippen molar-refractivity contribution in [1.29, 1.82) is 0 Å². The van der Waals surface area contributed by atoms with E-state index in [1.54, 1.807) is 0 Å². The first-order valence-corrected chi connectivity index (χ1v) is 7.31. The quantitative estimate of drug-likeness (QED) is 0.782. The third kappa shape index (κ3) is 2.49. The SMILES string of the molecule is CCOc1ccc2[nH]c(-c3cc(CC)nn3CC)nc2n1. The number of aromatic amines is 1. The maximum atomic E-state index is 5.41. The maximum Gasteiger partial charge on any atom is 0.215 e. The van der Waals surface area contributed by atoms with Crippen molar-refractivity contribution in [3.8, 4) is 17.4 Å². The number of rotatable bonds is 5. The molecule has 1 N–H and O–H groups in total. The van der Waals surface area contributed by atoms with Gasteiger partial charge in [-0.05, 0) is 32.4 Å². The van der Waals surface area contributed by atoms with E-state index in [4.69, 9.17) is 4.74 Å². The highest BCUT2D eigenvalue weighted by Gasteiger charge is 2.13. The Balaban J connectivity index is 2.06. The maximum absolute atomic E-state index is 5.41. The van der Waals surface area contributed by atoms with Crippen molar-refractivity contribution < 1.29 is 4.74 Å². The Kier molecular flexibility index (Phi) is 3.60. The van der Waals surface area contributed by atoms with Crippen molar-refractivity contribution in [2.45, 2.75) is 33.7 Å². The fourth-order valence-corrected chi connectivity index (χ4v) is 2.30. The summed E-state index contributed by atoms with van der Waals surface area (Å²) >= 11 is 0. The van der Waals surface area contributed by atoms with Crippen molar-refractivity contribution in [2.24, 2.45) is 0 Å². The van der Waals surface area contributed by atoms with Gasteiger partial charge in [-0.2, -0.15) is 10.1 Å². The summed E-state index contributed by atoms with van der Waals surface area (Å²) in [5.74, 6) is 1.39. The van der Waals surface area contributed by atoms with Crippen LogP contribution in [-0.4, -0.2) is 31.3 Å². The lowest BCUT2D eigenvalue weighted by Gasteiger charge is -1.99. The molecule has 6 nitrogen and oxygen atoms in total. The van der Waals surface area contributed by atoms with Gasteiger partial charge < -0.3 is 9.72 Å². The normalized spacial score (nSPS) is 11.2. The van der Waals surface area contributed by atoms with Crippen LogP contribution in [0.1, 0.15) is 26.5 Å². The number of nitrogens with zero attached hydrogens (tertiary/aromatic N) is 4. The van der Waals surface area contributed by atoms with Gasteiger partial charge in [0.25, 0.3) is 0 Å². The summed E-state index contributed by atoms with van der Waals surface area (Å²) in [7, 11) is 0. The third-order valence-electron chi connectivity index (χ3n) is 3.35. The predicted octanol–water partition coefficient (Wildman–Crippen LogP) is 2.80. The Labute approximate surface area is 123 Å². The molecule has 3 heterocycles. The molecule has 3 rings (SSSR count). The fraction of sp³-hybridized carbons (Fsp3) is 0.400. The van der Waals surface area contributed by atoms with Crippen LogP contribution >= 0.6 is 0 Å². The summed E-state index contributed by atoms with van der Waals surface area (Å²) in [5.41, 5.74) is 3.62. The van der Waals surface area contributed by atoms with Gasteiger partial charge >= 0.3 is 0 Å². The van der Waals surface area contributed by atoms with Gasteiger partial charge in [0.2, 0.25) is 5.88 Å². The van der Waals surface area contributed by atoms with Crippen LogP contribution < -0.4 is 4.74 Å². The first-order chi connectivity index (χ1) is 10.2. The molecule has 3 aromatic rings. The molecule has 0 atom stereocenters. The smallest absolute Gasteiger partial charge is 0.215 e. The van der Waals surface area contributed by atoms with E-state index >= 15 is 0 Å². The second-order valence-corrected chi connectivity index (χ2v) is 4.73. The van der Waals surface area contributed by atoms with Gasteiger partial charge in [-0.3, -0.25) is 4.68 Å². The van der Waals surface area contributed by atoms with Crippen LogP contribution in [0.4, 0.5) is 0 Å². The summed E-state index contributed by atoms with van der Waals surface area (Å²) in [4.78, 5) is 12.3. The van der Waals surface area contributed by atoms with Gasteiger partial charge in [0.15, 0.2) is 11.5 Å². The number of pyridine rings is 1. The number of hydrogen-bond acceptors (Lipinski definition) is 4. The van der Waals surface area contributed by atoms with E-state index in [1.165, 1.54) is 0 Å². The van der Waals surface area contributed by atoms with Gasteiger partial charge in [0, 0.05) is 12.6 Å². The lowest BCUT2D eigenvalue weighted by molar-refractivity contribution is 0.328. The molecule has 0 aliphatic carbocycles. The van der Waals surface area contributed by atoms with Crippen LogP contribution in [-0.2, 0) is 13.0 Å². The number of H-pyrrole nitrogens is 1. The molecule has 6 heteroatoms. The molecule has 0 spiro atoms. The molecular weight excluding hydrogens is 266 g/mol. The molecular formula is C15H19N5O. The van der Waals surface area contributed by atoms with E-state index in [-0.39, 0.29) is 0 Å². The Morgan fingerprint density at radius 1 is 1.19 bits per heavy atom. The first-order valence-electron chi connectivity index (χ1n) is 7.31. The van der Waals surface area contributed by atoms with E-state index < -0.39 is 0 Å². The second-order valence-electron chi connectivity index (χ2n) is 4.73. The van der Waals surface area contributed by atoms with Gasteiger partial charge in [-0.25, -0.2) is 4.98 Å². The fourth-order valence-electron chi connectivity index (χ4n) is 2.30. The van der Waals surface area contributed by atoms with Crippen LogP contribution in [0.15, 0.2) is 18.2 Å². The highest BCUT2D eigenvalue weighted by atomic mass is 16.5. The number of aryl methyl sites for hydroxylation is 2. The van der Waals surface area contributed by atoms with Crippen LogP contribution in [0.3, 0.4) is 0 Å². The van der Waals surface area contributed by atoms with E-state index in [9.17, 15) is 0 Å². The predicted molar refractivity (Wildman–Crippen MR) is 81.3 cm³/mol. The van der Waals surface area contributed by atoms with Gasteiger partial charge in [-0.15, -0.1) is 0 Å². The van der Waals surface area contributed by atoms with Crippen molar-refractivity contribution in [3.63, 3.8) is 0 Å². The molecule has 0 saturated carbocycles. The van der Waals surface area contributed by atoms with Crippen LogP contribution in [0.2, 0.25) is 0 Å². The zero-order valence-electron chi connectivity index (χ0n) is 12.6. The summed E-state index contributed by atoms with van der Waals surface area (Å²) in [5, 5.41) is 4.55. The Morgan fingerprint density at radius 3 is 2.76 bits per heavy atom. The number of imidazole rings is 1. The average molecular weight is 285 g/mol. The molecule has 0 bridgehead atoms. The Hall–Kier alpha value is -2.37. The van der Waals surface area contributed by atoms with E-state index in [1.807, 2.05) is 23.7 Å². The molecule has 0 fully saturated rings. The lowest BCUT2D eigenvalue weighted by atomic mass is 10.3. The highest BCUT2D eigenvalue weighted by molar-refractivity contribution is 5.75. The molecule has 0 aliphatic heterocycles. The van der Waals surface area contributed by atoms with Crippen molar-refractivity contribution in [2.75, 3.05) is 6.61 Å². The van der Waals surface area contributed by atoms with E-state index in [2.05, 4.69) is 40.0 Å². The molecule has 0 saturated heterocycles. The van der Waals surface area contributed by atoms with Gasteiger partial charge in [-0.1, -0.05) is 6.92 Å². The summed E-state index contributed by atoms with van der Waals surface area (Å²) in [6.45, 7) is 7.51. The molecule has 3 aromatic heterocycles. The first kappa shape index (κ1) is 13.6. The minimum atomic E-state index is 0.595. The number of aromatic nitrogens is 5. The van der Waals surface area contributed by atoms with Crippen molar-refractivity contribution in [3.05, 3.63) is 23.9 Å². The summed E-state index contributed by atoms with van der Waals surface area (Å²) in [6.07, 6.45) is 0.910. The average Bonchev–Trinajstić information content (AvgIpc) is 3.10. The Bertz CT molecular complexity index is 759. The van der Waals surface area contributed by atoms with Gasteiger partial charge in [0.05, 0.1) is 17.8 Å². The largest absolute Gasteiger partial charge is 0.478 e. The molecule has 0 aromatic carbocycles. The number of fused-ring (bicyclic) bond motifs is 1. The molecule has 0 unspecified atom stereocenters. The van der Waals surface area contributed by atoms with Crippen molar-refractivity contribution >= 4 is 11.2 Å². The van der Waals surface area contributed by atoms with Gasteiger partial charge in [0.1, 0.15) is 5.69 Å². The Morgan fingerprint density at radius 2 is 2.05 bits per heavy atom.